The Labute approximate surface area is 93.7 Å². The van der Waals surface area contributed by atoms with Gasteiger partial charge in [0.25, 0.3) is 0 Å². The van der Waals surface area contributed by atoms with Gasteiger partial charge in [0.1, 0.15) is 5.78 Å². The van der Waals surface area contributed by atoms with E-state index in [0.29, 0.717) is 6.42 Å². The van der Waals surface area contributed by atoms with Crippen LogP contribution in [0.5, 0.6) is 0 Å². The highest BCUT2D eigenvalue weighted by Crippen LogP contribution is 2.09. The van der Waals surface area contributed by atoms with Crippen molar-refractivity contribution >= 4 is 23.0 Å². The summed E-state index contributed by atoms with van der Waals surface area (Å²) in [5, 5.41) is 4.02. The minimum absolute atomic E-state index is 0.0138. The molecule has 0 bridgehead atoms. The molecule has 15 heavy (non-hydrogen) atoms. The van der Waals surface area contributed by atoms with Crippen LogP contribution in [0.3, 0.4) is 0 Å². The number of carbonyl (C=O) groups excluding carboxylic acids is 2. The van der Waals surface area contributed by atoms with E-state index in [4.69, 9.17) is 0 Å². The second-order valence-corrected chi connectivity index (χ2v) is 4.42. The van der Waals surface area contributed by atoms with Crippen LogP contribution in [0, 0.1) is 0 Å². The highest BCUT2D eigenvalue weighted by atomic mass is 32.1. The number of carbonyl (C=O) groups is 2. The monoisotopic (exact) mass is 225 g/mol. The molecule has 1 aromatic rings. The summed E-state index contributed by atoms with van der Waals surface area (Å²) in [6.07, 6.45) is 1.22. The fourth-order valence-corrected chi connectivity index (χ4v) is 1.84. The number of thiophene rings is 1. The number of hydrogen-bond acceptors (Lipinski definition) is 3. The van der Waals surface area contributed by atoms with Crippen molar-refractivity contribution in [1.82, 2.24) is 4.90 Å². The molecule has 0 atom stereocenters. The lowest BCUT2D eigenvalue weighted by molar-refractivity contribution is -0.133. The Kier molecular flexibility index (Phi) is 4.49. The normalized spacial score (nSPS) is 10.0. The fraction of sp³-hybridized carbons (Fsp3) is 0.455. The smallest absolute Gasteiger partial charge is 0.229 e. The van der Waals surface area contributed by atoms with Crippen LogP contribution in [0.1, 0.15) is 18.4 Å². The van der Waals surface area contributed by atoms with Crippen molar-refractivity contribution in [2.24, 2.45) is 0 Å². The molecule has 0 aliphatic heterocycles. The van der Waals surface area contributed by atoms with Gasteiger partial charge in [0.15, 0.2) is 0 Å². The zero-order valence-electron chi connectivity index (χ0n) is 9.03. The summed E-state index contributed by atoms with van der Waals surface area (Å²) >= 11 is 1.62. The minimum Gasteiger partial charge on any atom is -0.348 e. The van der Waals surface area contributed by atoms with Gasteiger partial charge in [-0.3, -0.25) is 9.59 Å². The SMILES string of the molecule is CN(C)C(=O)CC(=O)CCc1ccsc1. The zero-order chi connectivity index (χ0) is 11.3. The molecule has 1 aromatic heterocycles. The van der Waals surface area contributed by atoms with Crippen LogP contribution in [0.2, 0.25) is 0 Å². The Morgan fingerprint density at radius 2 is 2.13 bits per heavy atom. The Bertz CT molecular complexity index is 330. The third-order valence-corrected chi connectivity index (χ3v) is 2.85. The summed E-state index contributed by atoms with van der Waals surface area (Å²) in [7, 11) is 3.32. The Morgan fingerprint density at radius 1 is 1.40 bits per heavy atom. The molecular weight excluding hydrogens is 210 g/mol. The average Bonchev–Trinajstić information content (AvgIpc) is 2.66. The van der Waals surface area contributed by atoms with Crippen molar-refractivity contribution in [3.05, 3.63) is 22.4 Å². The van der Waals surface area contributed by atoms with E-state index >= 15 is 0 Å². The maximum atomic E-state index is 11.4. The van der Waals surface area contributed by atoms with E-state index in [-0.39, 0.29) is 18.1 Å². The molecule has 1 rings (SSSR count). The number of ketones is 1. The van der Waals surface area contributed by atoms with Crippen LogP contribution < -0.4 is 0 Å². The maximum absolute atomic E-state index is 11.4. The van der Waals surface area contributed by atoms with Crippen molar-refractivity contribution in [2.45, 2.75) is 19.3 Å². The number of nitrogens with zero attached hydrogens (tertiary/aromatic N) is 1. The van der Waals surface area contributed by atoms with Crippen molar-refractivity contribution < 1.29 is 9.59 Å². The summed E-state index contributed by atoms with van der Waals surface area (Å²) < 4.78 is 0. The summed E-state index contributed by atoms with van der Waals surface area (Å²) in [6.45, 7) is 0. The van der Waals surface area contributed by atoms with Gasteiger partial charge in [-0.2, -0.15) is 11.3 Å². The highest BCUT2D eigenvalue weighted by molar-refractivity contribution is 7.07. The third kappa shape index (κ3) is 4.25. The first-order valence-corrected chi connectivity index (χ1v) is 5.77. The molecule has 0 aromatic carbocycles. The number of Topliss-reactive ketones (excluding diaryl/α,β-unsaturated/α-hetero) is 1. The third-order valence-electron chi connectivity index (χ3n) is 2.12. The number of aryl methyl sites for hydroxylation is 1. The van der Waals surface area contributed by atoms with Gasteiger partial charge in [-0.05, 0) is 28.8 Å². The predicted molar refractivity (Wildman–Crippen MR) is 61.0 cm³/mol. The van der Waals surface area contributed by atoms with E-state index in [1.54, 1.807) is 25.4 Å². The van der Waals surface area contributed by atoms with E-state index in [0.717, 1.165) is 6.42 Å². The molecule has 0 unspecified atom stereocenters. The predicted octanol–water partition coefficient (Wildman–Crippen LogP) is 1.73. The van der Waals surface area contributed by atoms with Crippen molar-refractivity contribution in [1.29, 1.82) is 0 Å². The molecule has 0 spiro atoms. The van der Waals surface area contributed by atoms with Crippen molar-refractivity contribution in [3.8, 4) is 0 Å². The molecule has 0 aliphatic carbocycles. The molecule has 1 amide bonds. The Hall–Kier alpha value is -1.16. The van der Waals surface area contributed by atoms with Crippen LogP contribution in [0.15, 0.2) is 16.8 Å². The minimum atomic E-state index is -0.120. The van der Waals surface area contributed by atoms with E-state index < -0.39 is 0 Å². The van der Waals surface area contributed by atoms with E-state index in [1.807, 2.05) is 16.8 Å². The highest BCUT2D eigenvalue weighted by Gasteiger charge is 2.10. The van der Waals surface area contributed by atoms with Gasteiger partial charge in [-0.15, -0.1) is 0 Å². The van der Waals surface area contributed by atoms with Crippen LogP contribution >= 0.6 is 11.3 Å². The molecule has 0 N–H and O–H groups in total. The zero-order valence-corrected chi connectivity index (χ0v) is 9.84. The van der Waals surface area contributed by atoms with Gasteiger partial charge >= 0.3 is 0 Å². The first kappa shape index (κ1) is 11.9. The van der Waals surface area contributed by atoms with E-state index in [1.165, 1.54) is 10.5 Å². The summed E-state index contributed by atoms with van der Waals surface area (Å²) in [6, 6.07) is 2.01. The second kappa shape index (κ2) is 5.66. The van der Waals surface area contributed by atoms with Crippen LogP contribution in [0.4, 0.5) is 0 Å². The van der Waals surface area contributed by atoms with E-state index in [9.17, 15) is 9.59 Å². The Morgan fingerprint density at radius 3 is 2.67 bits per heavy atom. The second-order valence-electron chi connectivity index (χ2n) is 3.64. The summed E-state index contributed by atoms with van der Waals surface area (Å²) in [5.41, 5.74) is 1.17. The van der Waals surface area contributed by atoms with Gasteiger partial charge in [-0.1, -0.05) is 0 Å². The molecule has 82 valence electrons. The maximum Gasteiger partial charge on any atom is 0.229 e. The van der Waals surface area contributed by atoms with Crippen LogP contribution in [-0.2, 0) is 16.0 Å². The lowest BCUT2D eigenvalue weighted by Crippen LogP contribution is -2.24. The standard InChI is InChI=1S/C11H15NO2S/c1-12(2)11(14)7-10(13)4-3-9-5-6-15-8-9/h5-6,8H,3-4,7H2,1-2H3. The van der Waals surface area contributed by atoms with Crippen molar-refractivity contribution in [2.75, 3.05) is 14.1 Å². The molecule has 1 heterocycles. The number of amides is 1. The molecule has 0 aliphatic rings. The molecule has 0 fully saturated rings. The summed E-state index contributed by atoms with van der Waals surface area (Å²) in [5.74, 6) is -0.106. The fourth-order valence-electron chi connectivity index (χ4n) is 1.13. The lowest BCUT2D eigenvalue weighted by Gasteiger charge is -2.08. The van der Waals surface area contributed by atoms with Crippen molar-refractivity contribution in [3.63, 3.8) is 0 Å². The Balaban J connectivity index is 2.28. The largest absolute Gasteiger partial charge is 0.348 e. The molecular formula is C11H15NO2S. The molecule has 0 saturated heterocycles. The van der Waals surface area contributed by atoms with Gasteiger partial charge in [0, 0.05) is 20.5 Å². The average molecular weight is 225 g/mol. The molecule has 0 radical (unpaired) electrons. The topological polar surface area (TPSA) is 37.4 Å². The summed E-state index contributed by atoms with van der Waals surface area (Å²) in [4.78, 5) is 24.1. The van der Waals surface area contributed by atoms with E-state index in [2.05, 4.69) is 0 Å². The van der Waals surface area contributed by atoms with Gasteiger partial charge in [0.2, 0.25) is 5.91 Å². The van der Waals surface area contributed by atoms with Crippen LogP contribution in [0.25, 0.3) is 0 Å². The first-order chi connectivity index (χ1) is 7.09. The molecule has 0 saturated carbocycles. The quantitative estimate of drug-likeness (QED) is 0.716. The lowest BCUT2D eigenvalue weighted by atomic mass is 10.1. The van der Waals surface area contributed by atoms with Gasteiger partial charge < -0.3 is 4.90 Å². The van der Waals surface area contributed by atoms with Crippen LogP contribution in [-0.4, -0.2) is 30.7 Å². The number of rotatable bonds is 5. The molecule has 3 nitrogen and oxygen atoms in total. The first-order valence-electron chi connectivity index (χ1n) is 4.82. The molecule has 4 heteroatoms. The van der Waals surface area contributed by atoms with Gasteiger partial charge in [0.05, 0.1) is 6.42 Å². The van der Waals surface area contributed by atoms with Gasteiger partial charge in [-0.25, -0.2) is 0 Å². The number of hydrogen-bond donors (Lipinski definition) is 0.